The van der Waals surface area contributed by atoms with Crippen molar-refractivity contribution < 1.29 is 0 Å². The van der Waals surface area contributed by atoms with Crippen molar-refractivity contribution in [2.45, 2.75) is 10.6 Å². The lowest BCUT2D eigenvalue weighted by Gasteiger charge is -2.01. The van der Waals surface area contributed by atoms with Crippen LogP contribution in [-0.2, 0) is 5.75 Å². The molecule has 0 saturated carbocycles. The van der Waals surface area contributed by atoms with Crippen LogP contribution in [0.1, 0.15) is 5.56 Å². The van der Waals surface area contributed by atoms with Crippen molar-refractivity contribution in [3.63, 3.8) is 0 Å². The van der Waals surface area contributed by atoms with Gasteiger partial charge in [-0.25, -0.2) is 0 Å². The second-order valence-corrected chi connectivity index (χ2v) is 3.77. The van der Waals surface area contributed by atoms with Crippen LogP contribution in [0.15, 0.2) is 29.2 Å². The third-order valence-electron chi connectivity index (χ3n) is 1.42. The zero-order valence-electron chi connectivity index (χ0n) is 6.73. The van der Waals surface area contributed by atoms with Gasteiger partial charge in [0.2, 0.25) is 0 Å². The molecular weight excluding hydrogens is 200 g/mol. The Morgan fingerprint density at radius 1 is 1.15 bits per heavy atom. The first kappa shape index (κ1) is 9.98. The van der Waals surface area contributed by atoms with E-state index in [1.807, 2.05) is 35.1 Å². The van der Waals surface area contributed by atoms with E-state index in [0.717, 1.165) is 22.2 Å². The molecule has 0 saturated heterocycles. The summed E-state index contributed by atoms with van der Waals surface area (Å²) in [5.74, 6) is 0.640. The van der Waals surface area contributed by atoms with E-state index in [2.05, 4.69) is 0 Å². The van der Waals surface area contributed by atoms with Crippen molar-refractivity contribution in [2.75, 3.05) is 0 Å². The number of benzene rings is 1. The summed E-state index contributed by atoms with van der Waals surface area (Å²) in [7, 11) is 0. The molecule has 0 amide bonds. The van der Waals surface area contributed by atoms with Gasteiger partial charge < -0.3 is 0 Å². The molecule has 1 aromatic carbocycles. The third kappa shape index (κ3) is 3.02. The summed E-state index contributed by atoms with van der Waals surface area (Å²) in [6, 6.07) is 7.63. The lowest BCUT2D eigenvalue weighted by atomic mass is 10.2. The van der Waals surface area contributed by atoms with E-state index in [-0.39, 0.29) is 0 Å². The highest BCUT2D eigenvalue weighted by atomic mass is 32.2. The van der Waals surface area contributed by atoms with Crippen molar-refractivity contribution in [1.82, 2.24) is 0 Å². The van der Waals surface area contributed by atoms with Gasteiger partial charge in [-0.05, 0) is 35.2 Å². The Balaban J connectivity index is 2.80. The average Bonchev–Trinajstić information content (AvgIpc) is 2.17. The predicted molar refractivity (Wildman–Crippen MR) is 54.8 cm³/mol. The Morgan fingerprint density at radius 3 is 2.62 bits per heavy atom. The summed E-state index contributed by atoms with van der Waals surface area (Å²) >= 11 is 2.32. The molecule has 0 aliphatic heterocycles. The van der Waals surface area contributed by atoms with E-state index in [9.17, 15) is 0 Å². The van der Waals surface area contributed by atoms with Crippen LogP contribution in [0.25, 0.3) is 0 Å². The second kappa shape index (κ2) is 5.53. The summed E-state index contributed by atoms with van der Waals surface area (Å²) < 4.78 is 0. The molecule has 0 bridgehead atoms. The number of nitriles is 2. The molecule has 0 aliphatic carbocycles. The molecule has 0 heterocycles. The first-order valence-corrected chi connectivity index (χ1v) is 5.33. The number of thioether (sulfide) groups is 2. The Hall–Kier alpha value is -1.10. The normalized spacial score (nSPS) is 8.77. The number of rotatable bonds is 3. The highest BCUT2D eigenvalue weighted by Gasteiger charge is 2.01. The molecule has 0 spiro atoms. The van der Waals surface area contributed by atoms with E-state index in [4.69, 9.17) is 10.5 Å². The quantitative estimate of drug-likeness (QED) is 0.563. The van der Waals surface area contributed by atoms with Gasteiger partial charge in [-0.1, -0.05) is 18.2 Å². The zero-order valence-corrected chi connectivity index (χ0v) is 8.36. The monoisotopic (exact) mass is 206 g/mol. The molecule has 2 nitrogen and oxygen atoms in total. The van der Waals surface area contributed by atoms with Gasteiger partial charge >= 0.3 is 0 Å². The summed E-state index contributed by atoms with van der Waals surface area (Å²) in [6.45, 7) is 0. The van der Waals surface area contributed by atoms with E-state index >= 15 is 0 Å². The van der Waals surface area contributed by atoms with E-state index in [1.54, 1.807) is 0 Å². The minimum Gasteiger partial charge on any atom is -0.185 e. The molecule has 64 valence electrons. The molecule has 0 unspecified atom stereocenters. The predicted octanol–water partition coefficient (Wildman–Crippen LogP) is 2.97. The van der Waals surface area contributed by atoms with E-state index in [0.29, 0.717) is 5.75 Å². The Morgan fingerprint density at radius 2 is 1.92 bits per heavy atom. The lowest BCUT2D eigenvalue weighted by molar-refractivity contribution is 1.28. The smallest absolute Gasteiger partial charge is 0.138 e. The zero-order chi connectivity index (χ0) is 9.52. The van der Waals surface area contributed by atoms with Crippen LogP contribution >= 0.6 is 23.5 Å². The highest BCUT2D eigenvalue weighted by molar-refractivity contribution is 8.04. The van der Waals surface area contributed by atoms with E-state index < -0.39 is 0 Å². The van der Waals surface area contributed by atoms with Crippen molar-refractivity contribution in [2.24, 2.45) is 0 Å². The van der Waals surface area contributed by atoms with Crippen LogP contribution in [0.4, 0.5) is 0 Å². The van der Waals surface area contributed by atoms with E-state index in [1.165, 1.54) is 11.8 Å². The topological polar surface area (TPSA) is 47.6 Å². The molecule has 0 aromatic heterocycles. The van der Waals surface area contributed by atoms with Gasteiger partial charge in [0.25, 0.3) is 0 Å². The number of thiocyanates is 2. The standard InChI is InChI=1S/C9H6N2S2/c10-6-12-5-8-3-1-2-4-9(8)13-7-11/h1-4H,5H2. The highest BCUT2D eigenvalue weighted by Crippen LogP contribution is 2.24. The number of hydrogen-bond donors (Lipinski definition) is 0. The van der Waals surface area contributed by atoms with Gasteiger partial charge in [-0.3, -0.25) is 0 Å². The van der Waals surface area contributed by atoms with Crippen LogP contribution in [0.5, 0.6) is 0 Å². The Kier molecular flexibility index (Phi) is 4.25. The first-order valence-electron chi connectivity index (χ1n) is 3.53. The number of hydrogen-bond acceptors (Lipinski definition) is 4. The van der Waals surface area contributed by atoms with Gasteiger partial charge in [0, 0.05) is 10.6 Å². The van der Waals surface area contributed by atoms with Crippen LogP contribution in [0.2, 0.25) is 0 Å². The maximum atomic E-state index is 8.51. The fourth-order valence-electron chi connectivity index (χ4n) is 0.882. The fraction of sp³-hybridized carbons (Fsp3) is 0.111. The second-order valence-electron chi connectivity index (χ2n) is 2.18. The van der Waals surface area contributed by atoms with Crippen molar-refractivity contribution in [1.29, 1.82) is 10.5 Å². The summed E-state index contributed by atoms with van der Waals surface area (Å²) in [5, 5.41) is 20.9. The lowest BCUT2D eigenvalue weighted by Crippen LogP contribution is -1.82. The molecule has 1 aromatic rings. The Bertz CT molecular complexity index is 363. The molecule has 13 heavy (non-hydrogen) atoms. The van der Waals surface area contributed by atoms with Gasteiger partial charge in [0.1, 0.15) is 10.8 Å². The molecule has 4 heteroatoms. The van der Waals surface area contributed by atoms with Crippen LogP contribution in [-0.4, -0.2) is 0 Å². The van der Waals surface area contributed by atoms with Crippen LogP contribution in [0.3, 0.4) is 0 Å². The van der Waals surface area contributed by atoms with Gasteiger partial charge in [0.05, 0.1) is 0 Å². The maximum Gasteiger partial charge on any atom is 0.138 e. The van der Waals surface area contributed by atoms with Crippen LogP contribution in [0, 0.1) is 21.3 Å². The van der Waals surface area contributed by atoms with Crippen molar-refractivity contribution >= 4 is 23.5 Å². The molecule has 0 fully saturated rings. The van der Waals surface area contributed by atoms with Gasteiger partial charge in [0.15, 0.2) is 0 Å². The molecule has 1 rings (SSSR count). The SMILES string of the molecule is N#CSCc1ccccc1SC#N. The third-order valence-corrected chi connectivity index (χ3v) is 2.71. The minimum absolute atomic E-state index is 0.640. The molecule has 0 radical (unpaired) electrons. The molecule has 0 N–H and O–H groups in total. The van der Waals surface area contributed by atoms with Crippen molar-refractivity contribution in [3.8, 4) is 10.8 Å². The Labute approximate surface area is 85.6 Å². The van der Waals surface area contributed by atoms with Gasteiger partial charge in [-0.2, -0.15) is 10.5 Å². The summed E-state index contributed by atoms with van der Waals surface area (Å²) in [4.78, 5) is 0.938. The van der Waals surface area contributed by atoms with Crippen LogP contribution < -0.4 is 0 Å². The minimum atomic E-state index is 0.640. The fourth-order valence-corrected chi connectivity index (χ4v) is 1.96. The average molecular weight is 206 g/mol. The first-order chi connectivity index (χ1) is 6.38. The maximum absolute atomic E-state index is 8.51. The van der Waals surface area contributed by atoms with Gasteiger partial charge in [-0.15, -0.1) is 0 Å². The summed E-state index contributed by atoms with van der Waals surface area (Å²) in [6.07, 6.45) is 0. The molecule has 0 atom stereocenters. The summed E-state index contributed by atoms with van der Waals surface area (Å²) in [5.41, 5.74) is 1.04. The largest absolute Gasteiger partial charge is 0.185 e. The van der Waals surface area contributed by atoms with Crippen molar-refractivity contribution in [3.05, 3.63) is 29.8 Å². The molecule has 0 aliphatic rings. The molecular formula is C9H6N2S2. The number of nitrogens with zero attached hydrogens (tertiary/aromatic N) is 2.